The molecule has 1 amide bonds. The number of ketones is 1. The Morgan fingerprint density at radius 1 is 1.28 bits per heavy atom. The van der Waals surface area contributed by atoms with Gasteiger partial charge in [0.1, 0.15) is 36.5 Å². The summed E-state index contributed by atoms with van der Waals surface area (Å²) in [6.07, 6.45) is 1.45. The molecule has 5 rings (SSSR count). The minimum atomic E-state index is -0.930. The van der Waals surface area contributed by atoms with Crippen molar-refractivity contribution in [2.75, 3.05) is 24.7 Å². The highest BCUT2D eigenvalue weighted by Gasteiger charge is 2.49. The molecule has 11 heteroatoms. The van der Waals surface area contributed by atoms with Gasteiger partial charge in [0.15, 0.2) is 16.6 Å². The van der Waals surface area contributed by atoms with Gasteiger partial charge in [-0.05, 0) is 36.6 Å². The van der Waals surface area contributed by atoms with E-state index in [0.29, 0.717) is 40.8 Å². The van der Waals surface area contributed by atoms with Gasteiger partial charge in [0.05, 0.1) is 11.3 Å². The first-order valence-electron chi connectivity index (χ1n) is 10.9. The van der Waals surface area contributed by atoms with Crippen LogP contribution in [0.15, 0.2) is 53.9 Å². The molecule has 0 spiro atoms. The van der Waals surface area contributed by atoms with Crippen LogP contribution in [0.2, 0.25) is 0 Å². The molecule has 0 bridgehead atoms. The first-order chi connectivity index (χ1) is 17.4. The molecule has 1 aromatic carbocycles. The third-order valence-electron chi connectivity index (χ3n) is 5.58. The summed E-state index contributed by atoms with van der Waals surface area (Å²) in [5, 5.41) is 13.2. The zero-order chi connectivity index (χ0) is 25.4. The SMILES string of the molecule is C=CCOC(=O)c1sc(N2C(=O)C(=O)C(=C(O)c3ccc4c(c3)OCCO4)C2c2cccs2)nc1C. The Balaban J connectivity index is 1.61. The van der Waals surface area contributed by atoms with Crippen LogP contribution < -0.4 is 14.4 Å². The second-order valence-corrected chi connectivity index (χ2v) is 9.80. The van der Waals surface area contributed by atoms with Crippen molar-refractivity contribution in [3.8, 4) is 11.5 Å². The molecule has 0 radical (unpaired) electrons. The minimum Gasteiger partial charge on any atom is -0.507 e. The average molecular weight is 525 g/mol. The molecule has 1 saturated heterocycles. The first kappa shape index (κ1) is 23.8. The van der Waals surface area contributed by atoms with Crippen LogP contribution in [0.25, 0.3) is 5.76 Å². The van der Waals surface area contributed by atoms with E-state index in [1.54, 1.807) is 37.3 Å². The van der Waals surface area contributed by atoms with Crippen LogP contribution in [-0.2, 0) is 14.3 Å². The lowest BCUT2D eigenvalue weighted by Crippen LogP contribution is -2.29. The first-order valence-corrected chi connectivity index (χ1v) is 12.6. The van der Waals surface area contributed by atoms with Crippen molar-refractivity contribution in [3.63, 3.8) is 0 Å². The summed E-state index contributed by atoms with van der Waals surface area (Å²) in [5.41, 5.74) is 0.591. The van der Waals surface area contributed by atoms with Crippen molar-refractivity contribution in [1.82, 2.24) is 4.98 Å². The summed E-state index contributed by atoms with van der Waals surface area (Å²) < 4.78 is 16.3. The largest absolute Gasteiger partial charge is 0.507 e. The second kappa shape index (κ2) is 9.59. The molecule has 2 aromatic heterocycles. The molecule has 1 fully saturated rings. The monoisotopic (exact) mass is 524 g/mol. The van der Waals surface area contributed by atoms with E-state index in [2.05, 4.69) is 11.6 Å². The predicted molar refractivity (Wildman–Crippen MR) is 134 cm³/mol. The number of aliphatic hydroxyl groups excluding tert-OH is 1. The molecule has 2 aliphatic heterocycles. The molecule has 9 nitrogen and oxygen atoms in total. The molecule has 4 heterocycles. The number of thiazole rings is 1. The molecule has 36 heavy (non-hydrogen) atoms. The minimum absolute atomic E-state index is 0.0285. The van der Waals surface area contributed by atoms with Gasteiger partial charge in [-0.1, -0.05) is 30.1 Å². The fraction of sp³-hybridized carbons (Fsp3) is 0.200. The van der Waals surface area contributed by atoms with Crippen LogP contribution in [0.1, 0.15) is 31.8 Å². The standard InChI is InChI=1S/C25H20N2O7S2/c1-3-8-34-24(31)22-13(2)26-25(36-22)27-19(17-5-4-11-35-17)18(21(29)23(27)30)20(28)14-6-7-15-16(12-14)33-10-9-32-15/h3-7,11-12,19,28H,1,8-10H2,2H3. The number of amides is 1. The van der Waals surface area contributed by atoms with Gasteiger partial charge in [0.2, 0.25) is 0 Å². The normalized spacial score (nSPS) is 18.4. The van der Waals surface area contributed by atoms with Gasteiger partial charge in [-0.3, -0.25) is 14.5 Å². The van der Waals surface area contributed by atoms with Gasteiger partial charge >= 0.3 is 11.9 Å². The molecule has 3 aromatic rings. The van der Waals surface area contributed by atoms with E-state index >= 15 is 0 Å². The summed E-state index contributed by atoms with van der Waals surface area (Å²) in [4.78, 5) is 45.5. The molecule has 2 aliphatic rings. The maximum Gasteiger partial charge on any atom is 0.350 e. The molecular formula is C25H20N2O7S2. The summed E-state index contributed by atoms with van der Waals surface area (Å²) in [7, 11) is 0. The number of hydrogen-bond donors (Lipinski definition) is 1. The number of benzene rings is 1. The molecule has 1 atom stereocenters. The molecule has 0 aliphatic carbocycles. The highest BCUT2D eigenvalue weighted by atomic mass is 32.1. The molecular weight excluding hydrogens is 504 g/mol. The van der Waals surface area contributed by atoms with Gasteiger partial charge in [0, 0.05) is 10.4 Å². The number of carbonyl (C=O) groups is 3. The molecule has 1 N–H and O–H groups in total. The number of thiophene rings is 1. The predicted octanol–water partition coefficient (Wildman–Crippen LogP) is 4.25. The number of aromatic nitrogens is 1. The van der Waals surface area contributed by atoms with Crippen molar-refractivity contribution in [1.29, 1.82) is 0 Å². The van der Waals surface area contributed by atoms with E-state index in [0.717, 1.165) is 11.3 Å². The topological polar surface area (TPSA) is 115 Å². The van der Waals surface area contributed by atoms with Crippen molar-refractivity contribution in [2.24, 2.45) is 0 Å². The number of Topliss-reactive ketones (excluding diaryl/α,β-unsaturated/α-hetero) is 1. The van der Waals surface area contributed by atoms with Crippen molar-refractivity contribution < 1.29 is 33.7 Å². The van der Waals surface area contributed by atoms with Crippen LogP contribution in [-0.4, -0.2) is 47.6 Å². The Hall–Kier alpha value is -3.96. The Bertz CT molecular complexity index is 1410. The number of aliphatic hydroxyl groups is 1. The van der Waals surface area contributed by atoms with E-state index in [1.807, 2.05) is 5.38 Å². The summed E-state index contributed by atoms with van der Waals surface area (Å²) in [6, 6.07) is 7.44. The van der Waals surface area contributed by atoms with Gasteiger partial charge < -0.3 is 19.3 Å². The third kappa shape index (κ3) is 4.06. The number of aryl methyl sites for hydroxylation is 1. The smallest absolute Gasteiger partial charge is 0.350 e. The lowest BCUT2D eigenvalue weighted by molar-refractivity contribution is -0.132. The summed E-state index contributed by atoms with van der Waals surface area (Å²) in [6.45, 7) is 5.95. The van der Waals surface area contributed by atoms with Crippen LogP contribution in [0, 0.1) is 6.92 Å². The van der Waals surface area contributed by atoms with Crippen LogP contribution >= 0.6 is 22.7 Å². The van der Waals surface area contributed by atoms with E-state index in [4.69, 9.17) is 14.2 Å². The fourth-order valence-electron chi connectivity index (χ4n) is 3.97. The number of rotatable bonds is 6. The number of anilines is 1. The van der Waals surface area contributed by atoms with Crippen molar-refractivity contribution in [2.45, 2.75) is 13.0 Å². The van der Waals surface area contributed by atoms with E-state index in [9.17, 15) is 19.5 Å². The Kier molecular flexibility index (Phi) is 6.33. The van der Waals surface area contributed by atoms with Gasteiger partial charge in [-0.15, -0.1) is 11.3 Å². The van der Waals surface area contributed by atoms with Gasteiger partial charge in [-0.25, -0.2) is 9.78 Å². The van der Waals surface area contributed by atoms with Crippen LogP contribution in [0.5, 0.6) is 11.5 Å². The maximum atomic E-state index is 13.3. The van der Waals surface area contributed by atoms with Crippen molar-refractivity contribution in [3.05, 3.63) is 75.0 Å². The summed E-state index contributed by atoms with van der Waals surface area (Å²) >= 11 is 2.28. The second-order valence-electron chi connectivity index (χ2n) is 7.84. The quantitative estimate of drug-likeness (QED) is 0.167. The maximum absolute atomic E-state index is 13.3. The zero-order valence-corrected chi connectivity index (χ0v) is 20.7. The van der Waals surface area contributed by atoms with Crippen LogP contribution in [0.3, 0.4) is 0 Å². The highest BCUT2D eigenvalue weighted by molar-refractivity contribution is 7.18. The zero-order valence-electron chi connectivity index (χ0n) is 19.1. The number of fused-ring (bicyclic) bond motifs is 1. The summed E-state index contributed by atoms with van der Waals surface area (Å²) in [5.74, 6) is -1.69. The number of esters is 1. The fourth-order valence-corrected chi connectivity index (χ4v) is 5.78. The Morgan fingerprint density at radius 3 is 2.78 bits per heavy atom. The molecule has 0 saturated carbocycles. The Labute approximate surface area is 213 Å². The number of hydrogen-bond acceptors (Lipinski definition) is 10. The third-order valence-corrected chi connectivity index (χ3v) is 7.64. The van der Waals surface area contributed by atoms with Gasteiger partial charge in [-0.2, -0.15) is 0 Å². The van der Waals surface area contributed by atoms with Crippen LogP contribution in [0.4, 0.5) is 5.13 Å². The molecule has 184 valence electrons. The van der Waals surface area contributed by atoms with E-state index in [1.165, 1.54) is 22.3 Å². The average Bonchev–Trinajstić information content (AvgIpc) is 3.61. The number of carbonyl (C=O) groups excluding carboxylic acids is 3. The van der Waals surface area contributed by atoms with E-state index in [-0.39, 0.29) is 27.9 Å². The lowest BCUT2D eigenvalue weighted by atomic mass is 9.99. The van der Waals surface area contributed by atoms with Gasteiger partial charge in [0.25, 0.3) is 5.78 Å². The number of ether oxygens (including phenoxy) is 3. The van der Waals surface area contributed by atoms with E-state index < -0.39 is 23.7 Å². The number of nitrogens with zero attached hydrogens (tertiary/aromatic N) is 2. The van der Waals surface area contributed by atoms with Crippen molar-refractivity contribution >= 4 is 51.2 Å². The highest BCUT2D eigenvalue weighted by Crippen LogP contribution is 2.45. The Morgan fingerprint density at radius 2 is 2.06 bits per heavy atom. The molecule has 1 unspecified atom stereocenters. The lowest BCUT2D eigenvalue weighted by Gasteiger charge is -2.22.